The van der Waals surface area contributed by atoms with E-state index >= 15 is 0 Å². The van der Waals surface area contributed by atoms with E-state index in [2.05, 4.69) is 43.0 Å². The van der Waals surface area contributed by atoms with Crippen molar-refractivity contribution < 1.29 is 10.2 Å². The topological polar surface area (TPSA) is 81.5 Å². The van der Waals surface area contributed by atoms with Crippen LogP contribution < -0.4 is 10.2 Å². The molecule has 0 radical (unpaired) electrons. The van der Waals surface area contributed by atoms with Crippen LogP contribution in [0.15, 0.2) is 6.07 Å². The molecule has 1 aliphatic heterocycles. The predicted molar refractivity (Wildman–Crippen MR) is 83.7 cm³/mol. The summed E-state index contributed by atoms with van der Waals surface area (Å²) in [5.41, 5.74) is -0.157. The SMILES string of the molecule is CCCNc1cc(N2CC(O)C(O)C2)nc(C(C)(C)C)n1. The van der Waals surface area contributed by atoms with E-state index in [1.165, 1.54) is 0 Å². The lowest BCUT2D eigenvalue weighted by atomic mass is 9.96. The summed E-state index contributed by atoms with van der Waals surface area (Å²) < 4.78 is 0. The van der Waals surface area contributed by atoms with Gasteiger partial charge < -0.3 is 20.4 Å². The molecule has 0 aliphatic carbocycles. The van der Waals surface area contributed by atoms with Crippen LogP contribution in [0.2, 0.25) is 0 Å². The van der Waals surface area contributed by atoms with Crippen molar-refractivity contribution in [3.05, 3.63) is 11.9 Å². The smallest absolute Gasteiger partial charge is 0.138 e. The number of anilines is 2. The Kier molecular flexibility index (Phi) is 4.68. The molecule has 6 nitrogen and oxygen atoms in total. The van der Waals surface area contributed by atoms with Gasteiger partial charge >= 0.3 is 0 Å². The van der Waals surface area contributed by atoms with Crippen LogP contribution in [0.1, 0.15) is 39.9 Å². The normalized spacial score (nSPS) is 22.7. The molecule has 1 aliphatic rings. The first kappa shape index (κ1) is 16.0. The average molecular weight is 294 g/mol. The van der Waals surface area contributed by atoms with Gasteiger partial charge in [-0.2, -0.15) is 0 Å². The Labute approximate surface area is 126 Å². The van der Waals surface area contributed by atoms with Gasteiger partial charge in [0.05, 0.1) is 12.2 Å². The first-order valence-electron chi connectivity index (χ1n) is 7.55. The van der Waals surface area contributed by atoms with E-state index in [1.807, 2.05) is 11.0 Å². The average Bonchev–Trinajstić information content (AvgIpc) is 2.75. The zero-order valence-corrected chi connectivity index (χ0v) is 13.3. The third-order valence-corrected chi connectivity index (χ3v) is 3.52. The standard InChI is InChI=1S/C15H26N4O2/c1-5-6-16-12-7-13(18-14(17-12)15(2,3)4)19-8-10(20)11(21)9-19/h7,10-11,20-21H,5-6,8-9H2,1-4H3,(H,16,17,18). The van der Waals surface area contributed by atoms with Crippen LogP contribution in [0, 0.1) is 0 Å². The number of hydrogen-bond donors (Lipinski definition) is 3. The van der Waals surface area contributed by atoms with Crippen LogP contribution in [-0.2, 0) is 5.41 Å². The number of nitrogens with one attached hydrogen (secondary N) is 1. The minimum absolute atomic E-state index is 0.157. The first-order valence-corrected chi connectivity index (χ1v) is 7.55. The van der Waals surface area contributed by atoms with Crippen LogP contribution in [-0.4, -0.2) is 52.0 Å². The van der Waals surface area contributed by atoms with E-state index in [1.54, 1.807) is 0 Å². The number of nitrogens with zero attached hydrogens (tertiary/aromatic N) is 3. The molecule has 0 saturated carbocycles. The molecule has 3 N–H and O–H groups in total. The molecular weight excluding hydrogens is 268 g/mol. The Morgan fingerprint density at radius 1 is 1.24 bits per heavy atom. The third-order valence-electron chi connectivity index (χ3n) is 3.52. The maximum Gasteiger partial charge on any atom is 0.138 e. The Morgan fingerprint density at radius 3 is 2.38 bits per heavy atom. The molecule has 1 saturated heterocycles. The van der Waals surface area contributed by atoms with Crippen LogP contribution in [0.5, 0.6) is 0 Å². The Morgan fingerprint density at radius 2 is 1.86 bits per heavy atom. The summed E-state index contributed by atoms with van der Waals surface area (Å²) in [5.74, 6) is 2.31. The van der Waals surface area contributed by atoms with E-state index < -0.39 is 12.2 Å². The van der Waals surface area contributed by atoms with Gasteiger partial charge in [-0.1, -0.05) is 27.7 Å². The van der Waals surface area contributed by atoms with Crippen molar-refractivity contribution in [2.75, 3.05) is 29.9 Å². The van der Waals surface area contributed by atoms with Crippen molar-refractivity contribution in [2.24, 2.45) is 0 Å². The van der Waals surface area contributed by atoms with Crippen LogP contribution in [0.3, 0.4) is 0 Å². The Balaban J connectivity index is 2.31. The van der Waals surface area contributed by atoms with Crippen molar-refractivity contribution in [3.8, 4) is 0 Å². The molecule has 1 aromatic heterocycles. The van der Waals surface area contributed by atoms with Gasteiger partial charge in [-0.05, 0) is 6.42 Å². The molecule has 1 aromatic rings. The fourth-order valence-electron chi connectivity index (χ4n) is 2.23. The van der Waals surface area contributed by atoms with Crippen molar-refractivity contribution in [1.82, 2.24) is 9.97 Å². The highest BCUT2D eigenvalue weighted by Gasteiger charge is 2.31. The van der Waals surface area contributed by atoms with Crippen LogP contribution >= 0.6 is 0 Å². The second-order valence-electron chi connectivity index (χ2n) is 6.65. The molecule has 118 valence electrons. The Hall–Kier alpha value is -1.40. The summed E-state index contributed by atoms with van der Waals surface area (Å²) in [6.07, 6.45) is -0.416. The van der Waals surface area contributed by atoms with E-state index in [0.717, 1.165) is 30.4 Å². The van der Waals surface area contributed by atoms with Crippen molar-refractivity contribution >= 4 is 11.6 Å². The molecule has 21 heavy (non-hydrogen) atoms. The van der Waals surface area contributed by atoms with Crippen molar-refractivity contribution in [1.29, 1.82) is 0 Å². The number of aliphatic hydroxyl groups excluding tert-OH is 2. The highest BCUT2D eigenvalue weighted by atomic mass is 16.3. The summed E-state index contributed by atoms with van der Waals surface area (Å²) in [4.78, 5) is 11.1. The van der Waals surface area contributed by atoms with Gasteiger partial charge in [0.15, 0.2) is 0 Å². The summed E-state index contributed by atoms with van der Waals surface area (Å²) in [7, 11) is 0. The van der Waals surface area contributed by atoms with Crippen LogP contribution in [0.25, 0.3) is 0 Å². The second-order valence-corrected chi connectivity index (χ2v) is 6.65. The summed E-state index contributed by atoms with van der Waals surface area (Å²) >= 11 is 0. The molecular formula is C15H26N4O2. The van der Waals surface area contributed by atoms with Gasteiger partial charge in [-0.25, -0.2) is 9.97 Å². The molecule has 2 heterocycles. The minimum atomic E-state index is -0.717. The van der Waals surface area contributed by atoms with E-state index in [0.29, 0.717) is 13.1 Å². The zero-order valence-electron chi connectivity index (χ0n) is 13.3. The zero-order chi connectivity index (χ0) is 15.6. The molecule has 0 bridgehead atoms. The van der Waals surface area contributed by atoms with Gasteiger partial charge in [-0.15, -0.1) is 0 Å². The number of hydrogen-bond acceptors (Lipinski definition) is 6. The molecule has 2 rings (SSSR count). The summed E-state index contributed by atoms with van der Waals surface area (Å²) in [6, 6.07) is 1.88. The second kappa shape index (κ2) is 6.15. The lowest BCUT2D eigenvalue weighted by molar-refractivity contribution is 0.0572. The number of aromatic nitrogens is 2. The maximum absolute atomic E-state index is 9.72. The fraction of sp³-hybridized carbons (Fsp3) is 0.733. The molecule has 2 atom stereocenters. The van der Waals surface area contributed by atoms with E-state index in [9.17, 15) is 10.2 Å². The van der Waals surface area contributed by atoms with E-state index in [4.69, 9.17) is 0 Å². The van der Waals surface area contributed by atoms with Gasteiger partial charge in [0.2, 0.25) is 0 Å². The lowest BCUT2D eigenvalue weighted by Gasteiger charge is -2.23. The minimum Gasteiger partial charge on any atom is -0.389 e. The van der Waals surface area contributed by atoms with Gasteiger partial charge in [0, 0.05) is 31.1 Å². The molecule has 2 unspecified atom stereocenters. The number of β-amino-alcohol motifs (C(OH)–C–C–N with tert-alkyl or cyclic N) is 2. The third kappa shape index (κ3) is 3.83. The highest BCUT2D eigenvalue weighted by molar-refractivity contribution is 5.51. The fourth-order valence-corrected chi connectivity index (χ4v) is 2.23. The molecule has 0 amide bonds. The van der Waals surface area contributed by atoms with Crippen LogP contribution in [0.4, 0.5) is 11.6 Å². The molecule has 1 fully saturated rings. The summed E-state index contributed by atoms with van der Waals surface area (Å²) in [5, 5.41) is 22.7. The molecule has 6 heteroatoms. The van der Waals surface area contributed by atoms with E-state index in [-0.39, 0.29) is 5.41 Å². The quantitative estimate of drug-likeness (QED) is 0.772. The first-order chi connectivity index (χ1) is 9.81. The number of aliphatic hydroxyl groups is 2. The predicted octanol–water partition coefficient (Wildman–Crippen LogP) is 1.14. The maximum atomic E-state index is 9.72. The van der Waals surface area contributed by atoms with Crippen molar-refractivity contribution in [3.63, 3.8) is 0 Å². The van der Waals surface area contributed by atoms with Gasteiger partial charge in [0.25, 0.3) is 0 Å². The largest absolute Gasteiger partial charge is 0.389 e. The highest BCUT2D eigenvalue weighted by Crippen LogP contribution is 2.26. The van der Waals surface area contributed by atoms with Gasteiger partial charge in [-0.3, -0.25) is 0 Å². The monoisotopic (exact) mass is 294 g/mol. The summed E-state index contributed by atoms with van der Waals surface area (Å²) in [6.45, 7) is 9.97. The van der Waals surface area contributed by atoms with Crippen molar-refractivity contribution in [2.45, 2.75) is 51.7 Å². The Bertz CT molecular complexity index is 477. The number of rotatable bonds is 4. The lowest BCUT2D eigenvalue weighted by Crippen LogP contribution is -2.25. The molecule has 0 spiro atoms. The molecule has 0 aromatic carbocycles. The van der Waals surface area contributed by atoms with Gasteiger partial charge in [0.1, 0.15) is 17.5 Å².